The average Bonchev–Trinajstić information content (AvgIpc) is 2.91. The van der Waals surface area contributed by atoms with Crippen LogP contribution in [0.15, 0.2) is 41.8 Å². The van der Waals surface area contributed by atoms with Crippen molar-refractivity contribution in [3.63, 3.8) is 0 Å². The molecular weight excluding hydrogens is 254 g/mol. The first-order valence-electron chi connectivity index (χ1n) is 6.70. The van der Waals surface area contributed by atoms with E-state index in [0.29, 0.717) is 12.0 Å². The lowest BCUT2D eigenvalue weighted by Crippen LogP contribution is -2.15. The van der Waals surface area contributed by atoms with Crippen molar-refractivity contribution in [3.8, 4) is 0 Å². The van der Waals surface area contributed by atoms with Crippen molar-refractivity contribution in [1.29, 1.82) is 0 Å². The summed E-state index contributed by atoms with van der Waals surface area (Å²) in [6.45, 7) is 4.67. The summed E-state index contributed by atoms with van der Waals surface area (Å²) in [6, 6.07) is 13.0. The van der Waals surface area contributed by atoms with E-state index in [2.05, 4.69) is 60.9 Å². The van der Waals surface area contributed by atoms with Gasteiger partial charge in [0.25, 0.3) is 0 Å². The minimum atomic E-state index is 0.205. The Bertz CT molecular complexity index is 476. The number of nitrogens with one attached hydrogen (secondary N) is 1. The Hall–Kier alpha value is -1.32. The number of rotatable bonds is 6. The number of benzene rings is 1. The van der Waals surface area contributed by atoms with Crippen molar-refractivity contribution >= 4 is 17.0 Å². The van der Waals surface area contributed by atoms with Gasteiger partial charge in [-0.15, -0.1) is 11.3 Å². The van der Waals surface area contributed by atoms with Crippen molar-refractivity contribution < 1.29 is 5.11 Å². The fourth-order valence-corrected chi connectivity index (χ4v) is 3.06. The second-order valence-electron chi connectivity index (χ2n) is 5.05. The quantitative estimate of drug-likeness (QED) is 0.832. The zero-order chi connectivity index (χ0) is 13.7. The molecule has 0 aliphatic carbocycles. The molecule has 2 N–H and O–H groups in total. The predicted molar refractivity (Wildman–Crippen MR) is 82.8 cm³/mol. The van der Waals surface area contributed by atoms with E-state index in [0.717, 1.165) is 12.1 Å². The SMILES string of the molecule is CC(C)C(Nc1ccc(CCO)cc1)c1cccs1. The standard InChI is InChI=1S/C16H21NOS/c1-12(2)16(15-4-3-11-19-15)17-14-7-5-13(6-8-14)9-10-18/h3-8,11-12,16-18H,9-10H2,1-2H3. The van der Waals surface area contributed by atoms with Gasteiger partial charge in [0.05, 0.1) is 6.04 Å². The molecule has 0 saturated heterocycles. The van der Waals surface area contributed by atoms with E-state index in [1.54, 1.807) is 11.3 Å². The van der Waals surface area contributed by atoms with Crippen LogP contribution in [-0.2, 0) is 6.42 Å². The summed E-state index contributed by atoms with van der Waals surface area (Å²) >= 11 is 1.79. The Balaban J connectivity index is 2.09. The second-order valence-corrected chi connectivity index (χ2v) is 6.03. The molecule has 0 aliphatic rings. The molecule has 1 heterocycles. The van der Waals surface area contributed by atoms with Crippen molar-refractivity contribution in [1.82, 2.24) is 0 Å². The normalized spacial score (nSPS) is 12.6. The molecule has 3 heteroatoms. The highest BCUT2D eigenvalue weighted by atomic mass is 32.1. The van der Waals surface area contributed by atoms with Crippen molar-refractivity contribution in [2.75, 3.05) is 11.9 Å². The van der Waals surface area contributed by atoms with Crippen LogP contribution in [0.25, 0.3) is 0 Å². The molecule has 0 fully saturated rings. The molecule has 0 amide bonds. The molecule has 1 atom stereocenters. The van der Waals surface area contributed by atoms with Gasteiger partial charge >= 0.3 is 0 Å². The largest absolute Gasteiger partial charge is 0.396 e. The summed E-state index contributed by atoms with van der Waals surface area (Å²) in [5.74, 6) is 0.538. The monoisotopic (exact) mass is 275 g/mol. The Morgan fingerprint density at radius 1 is 1.16 bits per heavy atom. The molecule has 1 aromatic carbocycles. The lowest BCUT2D eigenvalue weighted by atomic mass is 10.0. The molecule has 2 rings (SSSR count). The number of aliphatic hydroxyl groups excluding tert-OH is 1. The Morgan fingerprint density at radius 3 is 2.42 bits per heavy atom. The van der Waals surface area contributed by atoms with Crippen LogP contribution in [0.1, 0.15) is 30.3 Å². The molecule has 1 aromatic heterocycles. The number of hydrogen-bond donors (Lipinski definition) is 2. The predicted octanol–water partition coefficient (Wildman–Crippen LogP) is 4.09. The molecule has 0 radical (unpaired) electrons. The first kappa shape index (κ1) is 14.1. The minimum absolute atomic E-state index is 0.205. The molecule has 1 unspecified atom stereocenters. The molecular formula is C16H21NOS. The van der Waals surface area contributed by atoms with Crippen LogP contribution in [0, 0.1) is 5.92 Å². The number of hydrogen-bond acceptors (Lipinski definition) is 3. The van der Waals surface area contributed by atoms with Gasteiger partial charge in [-0.05, 0) is 41.5 Å². The minimum Gasteiger partial charge on any atom is -0.396 e. The Morgan fingerprint density at radius 2 is 1.89 bits per heavy atom. The van der Waals surface area contributed by atoms with Gasteiger partial charge < -0.3 is 10.4 Å². The van der Waals surface area contributed by atoms with Crippen LogP contribution in [0.4, 0.5) is 5.69 Å². The third kappa shape index (κ3) is 3.82. The number of thiophene rings is 1. The lowest BCUT2D eigenvalue weighted by molar-refractivity contribution is 0.299. The molecule has 0 saturated carbocycles. The van der Waals surface area contributed by atoms with E-state index in [1.807, 2.05) is 0 Å². The maximum absolute atomic E-state index is 8.92. The van der Waals surface area contributed by atoms with E-state index < -0.39 is 0 Å². The molecule has 0 spiro atoms. The second kappa shape index (κ2) is 6.73. The molecule has 0 aliphatic heterocycles. The van der Waals surface area contributed by atoms with Crippen LogP contribution in [0.5, 0.6) is 0 Å². The highest BCUT2D eigenvalue weighted by molar-refractivity contribution is 7.10. The summed E-state index contributed by atoms with van der Waals surface area (Å²) in [4.78, 5) is 1.37. The molecule has 19 heavy (non-hydrogen) atoms. The Labute approximate surface area is 119 Å². The summed E-state index contributed by atoms with van der Waals surface area (Å²) in [7, 11) is 0. The van der Waals surface area contributed by atoms with E-state index in [1.165, 1.54) is 10.4 Å². The third-order valence-electron chi connectivity index (χ3n) is 3.19. The maximum atomic E-state index is 8.92. The van der Waals surface area contributed by atoms with E-state index >= 15 is 0 Å². The highest BCUT2D eigenvalue weighted by Crippen LogP contribution is 2.29. The third-order valence-corrected chi connectivity index (χ3v) is 4.15. The van der Waals surface area contributed by atoms with Crippen molar-refractivity contribution in [2.45, 2.75) is 26.3 Å². The number of anilines is 1. The topological polar surface area (TPSA) is 32.3 Å². The van der Waals surface area contributed by atoms with Crippen molar-refractivity contribution in [3.05, 3.63) is 52.2 Å². The average molecular weight is 275 g/mol. The van der Waals surface area contributed by atoms with Gasteiger partial charge in [-0.3, -0.25) is 0 Å². The summed E-state index contributed by atoms with van der Waals surface area (Å²) in [5, 5.41) is 14.6. The molecule has 0 bridgehead atoms. The molecule has 2 aromatic rings. The van der Waals surface area contributed by atoms with Crippen molar-refractivity contribution in [2.24, 2.45) is 5.92 Å². The van der Waals surface area contributed by atoms with Crippen LogP contribution >= 0.6 is 11.3 Å². The van der Waals surface area contributed by atoms with Gasteiger partial charge in [-0.1, -0.05) is 32.0 Å². The van der Waals surface area contributed by atoms with Crippen LogP contribution in [0.3, 0.4) is 0 Å². The first-order chi connectivity index (χ1) is 9.20. The van der Waals surface area contributed by atoms with Crippen LogP contribution < -0.4 is 5.32 Å². The van der Waals surface area contributed by atoms with E-state index in [9.17, 15) is 0 Å². The highest BCUT2D eigenvalue weighted by Gasteiger charge is 2.16. The number of aliphatic hydroxyl groups is 1. The lowest BCUT2D eigenvalue weighted by Gasteiger charge is -2.22. The summed E-state index contributed by atoms with van der Waals surface area (Å²) < 4.78 is 0. The van der Waals surface area contributed by atoms with Crippen LogP contribution in [-0.4, -0.2) is 11.7 Å². The fraction of sp³-hybridized carbons (Fsp3) is 0.375. The molecule has 2 nitrogen and oxygen atoms in total. The van der Waals surface area contributed by atoms with E-state index in [4.69, 9.17) is 5.11 Å². The van der Waals surface area contributed by atoms with Gasteiger partial charge in [0.1, 0.15) is 0 Å². The van der Waals surface area contributed by atoms with Crippen LogP contribution in [0.2, 0.25) is 0 Å². The maximum Gasteiger partial charge on any atom is 0.0629 e. The smallest absolute Gasteiger partial charge is 0.0629 e. The summed E-state index contributed by atoms with van der Waals surface area (Å²) in [6.07, 6.45) is 0.721. The van der Waals surface area contributed by atoms with E-state index in [-0.39, 0.29) is 6.61 Å². The van der Waals surface area contributed by atoms with Gasteiger partial charge in [-0.25, -0.2) is 0 Å². The fourth-order valence-electron chi connectivity index (χ4n) is 2.11. The summed E-state index contributed by atoms with van der Waals surface area (Å²) in [5.41, 5.74) is 2.30. The Kier molecular flexibility index (Phi) is 5.00. The van der Waals surface area contributed by atoms with Gasteiger partial charge in [0.15, 0.2) is 0 Å². The van der Waals surface area contributed by atoms with Gasteiger partial charge in [-0.2, -0.15) is 0 Å². The molecule has 102 valence electrons. The first-order valence-corrected chi connectivity index (χ1v) is 7.58. The van der Waals surface area contributed by atoms with Gasteiger partial charge in [0.2, 0.25) is 0 Å². The zero-order valence-corrected chi connectivity index (χ0v) is 12.3. The van der Waals surface area contributed by atoms with Gasteiger partial charge in [0, 0.05) is 17.2 Å². The zero-order valence-electron chi connectivity index (χ0n) is 11.5.